The fourth-order valence-electron chi connectivity index (χ4n) is 2.99. The minimum atomic E-state index is -0.589. The van der Waals surface area contributed by atoms with Gasteiger partial charge in [-0.1, -0.05) is 23.7 Å². The molecule has 10 heteroatoms. The molecular formula is C18H19ClN6O3. The van der Waals surface area contributed by atoms with E-state index in [1.807, 2.05) is 0 Å². The van der Waals surface area contributed by atoms with E-state index >= 15 is 0 Å². The van der Waals surface area contributed by atoms with Gasteiger partial charge in [0, 0.05) is 17.5 Å². The molecule has 2 aromatic rings. The van der Waals surface area contributed by atoms with Crippen LogP contribution in [-0.2, 0) is 6.42 Å². The summed E-state index contributed by atoms with van der Waals surface area (Å²) < 4.78 is 5.72. The van der Waals surface area contributed by atoms with Gasteiger partial charge in [-0.2, -0.15) is 5.10 Å². The van der Waals surface area contributed by atoms with Gasteiger partial charge in [-0.25, -0.2) is 0 Å². The Kier molecular flexibility index (Phi) is 5.65. The number of carbonyl (C=O) groups is 2. The second-order valence-corrected chi connectivity index (χ2v) is 6.57. The van der Waals surface area contributed by atoms with Crippen molar-refractivity contribution < 1.29 is 14.0 Å². The van der Waals surface area contributed by atoms with E-state index in [1.54, 1.807) is 31.2 Å². The Morgan fingerprint density at radius 3 is 2.57 bits per heavy atom. The Morgan fingerprint density at radius 1 is 1.14 bits per heavy atom. The third kappa shape index (κ3) is 3.99. The molecule has 0 spiro atoms. The largest absolute Gasteiger partial charge is 0.455 e. The average molecular weight is 403 g/mol. The number of nitrogens with one attached hydrogen (secondary N) is 2. The summed E-state index contributed by atoms with van der Waals surface area (Å²) in [5.41, 5.74) is 17.5. The number of amides is 2. The highest BCUT2D eigenvalue weighted by molar-refractivity contribution is 6.33. The minimum Gasteiger partial charge on any atom is -0.455 e. The summed E-state index contributed by atoms with van der Waals surface area (Å²) in [6.45, 7) is 1.74. The molecule has 0 fully saturated rings. The number of aryl methyl sites for hydroxylation is 1. The highest BCUT2D eigenvalue weighted by Gasteiger charge is 2.28. The van der Waals surface area contributed by atoms with Gasteiger partial charge in [0.1, 0.15) is 5.76 Å². The summed E-state index contributed by atoms with van der Waals surface area (Å²) in [6, 6.07) is 6.51. The number of furan rings is 1. The predicted octanol–water partition coefficient (Wildman–Crippen LogP) is 1.63. The predicted molar refractivity (Wildman–Crippen MR) is 105 cm³/mol. The Morgan fingerprint density at radius 2 is 1.86 bits per heavy atom. The van der Waals surface area contributed by atoms with Crippen LogP contribution in [0.1, 0.15) is 50.6 Å². The molecule has 3 rings (SSSR count). The number of nitrogens with two attached hydrogens (primary N) is 2. The summed E-state index contributed by atoms with van der Waals surface area (Å²) in [4.78, 5) is 24.7. The zero-order valence-corrected chi connectivity index (χ0v) is 15.8. The lowest BCUT2D eigenvalue weighted by Crippen LogP contribution is -2.41. The van der Waals surface area contributed by atoms with Crippen molar-refractivity contribution in [3.05, 3.63) is 57.5 Å². The molecule has 28 heavy (non-hydrogen) atoms. The number of benzene rings is 1. The summed E-state index contributed by atoms with van der Waals surface area (Å²) in [5.74, 6) is -0.558. The number of nitrogens with zero attached hydrogens (tertiary/aromatic N) is 2. The first kappa shape index (κ1) is 19.4. The minimum absolute atomic E-state index is 0.0868. The van der Waals surface area contributed by atoms with Crippen LogP contribution in [-0.4, -0.2) is 23.5 Å². The average Bonchev–Trinajstić information content (AvgIpc) is 3.02. The monoisotopic (exact) mass is 402 g/mol. The number of fused-ring (bicyclic) bond motifs is 1. The Hall–Kier alpha value is -3.33. The Labute approximate surface area is 165 Å². The van der Waals surface area contributed by atoms with Crippen LogP contribution in [0.4, 0.5) is 0 Å². The van der Waals surface area contributed by atoms with Crippen LogP contribution in [0.3, 0.4) is 0 Å². The van der Waals surface area contributed by atoms with Crippen LogP contribution in [0.15, 0.2) is 38.9 Å². The lowest BCUT2D eigenvalue weighted by Gasteiger charge is -2.11. The number of halogens is 1. The van der Waals surface area contributed by atoms with Crippen LogP contribution in [0, 0.1) is 6.92 Å². The van der Waals surface area contributed by atoms with Crippen molar-refractivity contribution in [3.8, 4) is 0 Å². The van der Waals surface area contributed by atoms with Gasteiger partial charge in [0.2, 0.25) is 5.96 Å². The highest BCUT2D eigenvalue weighted by atomic mass is 35.5. The number of guanidine groups is 1. The second kappa shape index (κ2) is 8.13. The Bertz CT molecular complexity index is 991. The summed E-state index contributed by atoms with van der Waals surface area (Å²) in [6.07, 6.45) is 2.12. The maximum atomic E-state index is 12.5. The standard InChI is InChI=1S/C18H19ClN6O3/c1-9-14-12(22-25-18(20)21)7-4-8-13(14)28-15(9)17(27)24-23-16(26)10-5-2-3-6-11(10)19/h2-3,5-6H,4,7-8H2,1H3,(H,23,26)(H,24,27)(H4,20,21,25)/b22-12+. The molecule has 1 aliphatic carbocycles. The van der Waals surface area contributed by atoms with E-state index in [9.17, 15) is 9.59 Å². The number of carbonyl (C=O) groups excluding carboxylic acids is 2. The normalized spacial score (nSPS) is 14.3. The van der Waals surface area contributed by atoms with E-state index in [1.165, 1.54) is 0 Å². The van der Waals surface area contributed by atoms with E-state index in [4.69, 9.17) is 27.5 Å². The van der Waals surface area contributed by atoms with Crippen molar-refractivity contribution in [2.75, 3.05) is 0 Å². The highest BCUT2D eigenvalue weighted by Crippen LogP contribution is 2.30. The molecule has 0 aliphatic heterocycles. The van der Waals surface area contributed by atoms with Crippen LogP contribution in [0.2, 0.25) is 5.02 Å². The summed E-state index contributed by atoms with van der Waals surface area (Å²) in [7, 11) is 0. The fourth-order valence-corrected chi connectivity index (χ4v) is 3.21. The number of hydrazine groups is 1. The van der Waals surface area contributed by atoms with Crippen molar-refractivity contribution in [2.45, 2.75) is 26.2 Å². The molecule has 0 bridgehead atoms. The maximum Gasteiger partial charge on any atom is 0.305 e. The molecular weight excluding hydrogens is 384 g/mol. The van der Waals surface area contributed by atoms with Gasteiger partial charge in [0.05, 0.1) is 16.3 Å². The van der Waals surface area contributed by atoms with Gasteiger partial charge in [-0.05, 0) is 31.9 Å². The molecule has 1 heterocycles. The van der Waals surface area contributed by atoms with E-state index < -0.39 is 11.8 Å². The van der Waals surface area contributed by atoms with Gasteiger partial charge in [0.25, 0.3) is 5.91 Å². The van der Waals surface area contributed by atoms with Gasteiger partial charge in [0.15, 0.2) is 5.76 Å². The first-order valence-corrected chi connectivity index (χ1v) is 8.89. The molecule has 1 aromatic heterocycles. The quantitative estimate of drug-likeness (QED) is 0.350. The SMILES string of the molecule is Cc1c(C(=O)NNC(=O)c2ccccc2Cl)oc2c1/C(=N/N=C(N)N)CCC2. The van der Waals surface area contributed by atoms with Gasteiger partial charge in [-0.3, -0.25) is 20.4 Å². The van der Waals surface area contributed by atoms with Gasteiger partial charge in [-0.15, -0.1) is 5.10 Å². The number of hydrogen-bond acceptors (Lipinski definition) is 5. The molecule has 146 valence electrons. The van der Waals surface area contributed by atoms with E-state index in [-0.39, 0.29) is 22.3 Å². The molecule has 2 amide bonds. The van der Waals surface area contributed by atoms with Crippen LogP contribution in [0.25, 0.3) is 0 Å². The lowest BCUT2D eigenvalue weighted by molar-refractivity contribution is 0.0829. The molecule has 1 aliphatic rings. The van der Waals surface area contributed by atoms with E-state index in [2.05, 4.69) is 21.1 Å². The molecule has 0 radical (unpaired) electrons. The van der Waals surface area contributed by atoms with Gasteiger partial charge < -0.3 is 15.9 Å². The number of rotatable bonds is 3. The second-order valence-electron chi connectivity index (χ2n) is 6.17. The third-order valence-electron chi connectivity index (χ3n) is 4.23. The van der Waals surface area contributed by atoms with Crippen LogP contribution in [0.5, 0.6) is 0 Å². The van der Waals surface area contributed by atoms with E-state index in [0.717, 1.165) is 12.0 Å². The molecule has 0 atom stereocenters. The summed E-state index contributed by atoms with van der Waals surface area (Å²) >= 11 is 5.98. The third-order valence-corrected chi connectivity index (χ3v) is 4.56. The Balaban J connectivity index is 1.78. The zero-order valence-electron chi connectivity index (χ0n) is 15.1. The van der Waals surface area contributed by atoms with E-state index in [0.29, 0.717) is 29.9 Å². The zero-order chi connectivity index (χ0) is 20.3. The van der Waals surface area contributed by atoms with Crippen molar-refractivity contribution in [3.63, 3.8) is 0 Å². The lowest BCUT2D eigenvalue weighted by atomic mass is 9.93. The van der Waals surface area contributed by atoms with Crippen molar-refractivity contribution >= 4 is 35.1 Å². The topological polar surface area (TPSA) is 148 Å². The first-order chi connectivity index (χ1) is 13.4. The van der Waals surface area contributed by atoms with Crippen LogP contribution >= 0.6 is 11.6 Å². The van der Waals surface area contributed by atoms with Crippen LogP contribution < -0.4 is 22.3 Å². The first-order valence-electron chi connectivity index (χ1n) is 8.51. The molecule has 9 nitrogen and oxygen atoms in total. The number of hydrogen-bond donors (Lipinski definition) is 4. The smallest absolute Gasteiger partial charge is 0.305 e. The molecule has 1 aromatic carbocycles. The molecule has 0 saturated heterocycles. The summed E-state index contributed by atoms with van der Waals surface area (Å²) in [5, 5.41) is 8.03. The molecule has 6 N–H and O–H groups in total. The maximum absolute atomic E-state index is 12.5. The van der Waals surface area contributed by atoms with Gasteiger partial charge >= 0.3 is 5.91 Å². The van der Waals surface area contributed by atoms with Crippen molar-refractivity contribution in [1.29, 1.82) is 0 Å². The molecule has 0 saturated carbocycles. The fraction of sp³-hybridized carbons (Fsp3) is 0.222. The van der Waals surface area contributed by atoms with Crippen molar-refractivity contribution in [1.82, 2.24) is 10.9 Å². The van der Waals surface area contributed by atoms with Crippen molar-refractivity contribution in [2.24, 2.45) is 21.7 Å². The molecule has 0 unspecified atom stereocenters.